The van der Waals surface area contributed by atoms with Crippen molar-refractivity contribution in [1.82, 2.24) is 10.3 Å². The van der Waals surface area contributed by atoms with E-state index in [1.807, 2.05) is 30.3 Å². The molecule has 1 saturated heterocycles. The van der Waals surface area contributed by atoms with E-state index in [0.29, 0.717) is 12.1 Å². The summed E-state index contributed by atoms with van der Waals surface area (Å²) < 4.78 is 0. The van der Waals surface area contributed by atoms with Crippen molar-refractivity contribution in [2.45, 2.75) is 26.2 Å². The van der Waals surface area contributed by atoms with E-state index >= 15 is 0 Å². The summed E-state index contributed by atoms with van der Waals surface area (Å²) in [6.07, 6.45) is 4.84. The molecule has 1 aromatic heterocycles. The molecule has 132 valence electrons. The zero-order valence-electron chi connectivity index (χ0n) is 14.5. The second kappa shape index (κ2) is 8.34. The first-order chi connectivity index (χ1) is 12.1. The summed E-state index contributed by atoms with van der Waals surface area (Å²) in [5.41, 5.74) is 1.78. The van der Waals surface area contributed by atoms with Gasteiger partial charge >= 0.3 is 0 Å². The molecule has 1 aliphatic heterocycles. The van der Waals surface area contributed by atoms with Crippen molar-refractivity contribution in [1.29, 1.82) is 0 Å². The number of pyridine rings is 1. The molecule has 0 bridgehead atoms. The lowest BCUT2D eigenvalue weighted by Gasteiger charge is -2.31. The van der Waals surface area contributed by atoms with Crippen LogP contribution >= 0.6 is 11.6 Å². The van der Waals surface area contributed by atoms with Gasteiger partial charge in [-0.25, -0.2) is 4.98 Å². The Morgan fingerprint density at radius 3 is 2.84 bits per heavy atom. The molecule has 0 radical (unpaired) electrons. The maximum atomic E-state index is 12.4. The number of carbonyl (C=O) groups excluding carboxylic acids is 1. The van der Waals surface area contributed by atoms with Gasteiger partial charge in [0.05, 0.1) is 0 Å². The Hall–Kier alpha value is -2.07. The topological polar surface area (TPSA) is 45.2 Å². The number of rotatable bonds is 5. The van der Waals surface area contributed by atoms with Gasteiger partial charge in [0, 0.05) is 36.4 Å². The fourth-order valence-electron chi connectivity index (χ4n) is 3.09. The lowest BCUT2D eigenvalue weighted by Crippen LogP contribution is -2.33. The first kappa shape index (κ1) is 17.7. The molecule has 1 aromatic carbocycles. The van der Waals surface area contributed by atoms with Crippen LogP contribution in [0.3, 0.4) is 0 Å². The van der Waals surface area contributed by atoms with Gasteiger partial charge in [-0.2, -0.15) is 0 Å². The van der Waals surface area contributed by atoms with E-state index in [2.05, 4.69) is 22.1 Å². The molecule has 3 rings (SSSR count). The maximum absolute atomic E-state index is 12.4. The lowest BCUT2D eigenvalue weighted by molar-refractivity contribution is 0.0954. The minimum absolute atomic E-state index is 0.0592. The number of halogens is 1. The van der Waals surface area contributed by atoms with Crippen LogP contribution in [0.2, 0.25) is 5.02 Å². The van der Waals surface area contributed by atoms with Crippen molar-refractivity contribution in [2.24, 2.45) is 5.92 Å². The highest BCUT2D eigenvalue weighted by molar-refractivity contribution is 6.30. The molecule has 1 amide bonds. The van der Waals surface area contributed by atoms with E-state index in [-0.39, 0.29) is 5.91 Å². The molecule has 5 heteroatoms. The molecule has 0 aliphatic carbocycles. The van der Waals surface area contributed by atoms with Gasteiger partial charge in [0.15, 0.2) is 0 Å². The molecule has 0 saturated carbocycles. The second-order valence-corrected chi connectivity index (χ2v) is 7.14. The quantitative estimate of drug-likeness (QED) is 0.881. The third-order valence-corrected chi connectivity index (χ3v) is 4.94. The van der Waals surface area contributed by atoms with Crippen LogP contribution in [0.1, 0.15) is 35.7 Å². The fraction of sp³-hybridized carbons (Fsp3) is 0.400. The first-order valence-electron chi connectivity index (χ1n) is 8.85. The Balaban J connectivity index is 1.56. The zero-order valence-corrected chi connectivity index (χ0v) is 15.3. The SMILES string of the molecule is CC1CCN(c2cc(C(=O)NCCc3cccc(Cl)c3)ccn2)CC1. The largest absolute Gasteiger partial charge is 0.357 e. The summed E-state index contributed by atoms with van der Waals surface area (Å²) in [6, 6.07) is 11.4. The smallest absolute Gasteiger partial charge is 0.251 e. The Bertz CT molecular complexity index is 726. The van der Waals surface area contributed by atoms with Gasteiger partial charge < -0.3 is 10.2 Å². The van der Waals surface area contributed by atoms with Gasteiger partial charge in [-0.15, -0.1) is 0 Å². The molecule has 0 unspecified atom stereocenters. The molecule has 1 N–H and O–H groups in total. The number of hydrogen-bond donors (Lipinski definition) is 1. The van der Waals surface area contributed by atoms with Crippen LogP contribution in [0, 0.1) is 5.92 Å². The van der Waals surface area contributed by atoms with E-state index in [1.165, 1.54) is 12.8 Å². The first-order valence-corrected chi connectivity index (χ1v) is 9.23. The van der Waals surface area contributed by atoms with Crippen LogP contribution < -0.4 is 10.2 Å². The Labute approximate surface area is 154 Å². The fourth-order valence-corrected chi connectivity index (χ4v) is 3.30. The highest BCUT2D eigenvalue weighted by atomic mass is 35.5. The van der Waals surface area contributed by atoms with E-state index < -0.39 is 0 Å². The van der Waals surface area contributed by atoms with Gasteiger partial charge in [-0.05, 0) is 55.0 Å². The van der Waals surface area contributed by atoms with Crippen molar-refractivity contribution in [3.05, 3.63) is 58.7 Å². The summed E-state index contributed by atoms with van der Waals surface area (Å²) in [5, 5.41) is 3.70. The van der Waals surface area contributed by atoms with Crippen molar-refractivity contribution in [3.63, 3.8) is 0 Å². The number of nitrogens with one attached hydrogen (secondary N) is 1. The van der Waals surface area contributed by atoms with Crippen LogP contribution in [-0.4, -0.2) is 30.5 Å². The van der Waals surface area contributed by atoms with Crippen molar-refractivity contribution in [2.75, 3.05) is 24.5 Å². The average molecular weight is 358 g/mol. The van der Waals surface area contributed by atoms with Gasteiger partial charge in [-0.1, -0.05) is 30.7 Å². The third-order valence-electron chi connectivity index (χ3n) is 4.70. The molecular weight excluding hydrogens is 334 g/mol. The van der Waals surface area contributed by atoms with Crippen LogP contribution in [-0.2, 0) is 6.42 Å². The summed E-state index contributed by atoms with van der Waals surface area (Å²) in [6.45, 7) is 4.88. The molecule has 1 fully saturated rings. The summed E-state index contributed by atoms with van der Waals surface area (Å²) >= 11 is 5.98. The number of carbonyl (C=O) groups is 1. The van der Waals surface area contributed by atoms with Gasteiger partial charge in [0.2, 0.25) is 0 Å². The molecule has 0 spiro atoms. The normalized spacial score (nSPS) is 15.2. The highest BCUT2D eigenvalue weighted by Gasteiger charge is 2.18. The Morgan fingerprint density at radius 2 is 2.08 bits per heavy atom. The van der Waals surface area contributed by atoms with Crippen LogP contribution in [0.15, 0.2) is 42.6 Å². The van der Waals surface area contributed by atoms with Crippen LogP contribution in [0.4, 0.5) is 5.82 Å². The summed E-state index contributed by atoms with van der Waals surface area (Å²) in [4.78, 5) is 19.1. The van der Waals surface area contributed by atoms with E-state index in [0.717, 1.165) is 41.8 Å². The number of benzene rings is 1. The number of amides is 1. The van der Waals surface area contributed by atoms with Gasteiger partial charge in [-0.3, -0.25) is 4.79 Å². The molecular formula is C20H24ClN3O. The van der Waals surface area contributed by atoms with E-state index in [4.69, 9.17) is 11.6 Å². The lowest BCUT2D eigenvalue weighted by atomic mass is 9.99. The van der Waals surface area contributed by atoms with Crippen LogP contribution in [0.25, 0.3) is 0 Å². The summed E-state index contributed by atoms with van der Waals surface area (Å²) in [7, 11) is 0. The predicted octanol–water partition coefficient (Wildman–Crippen LogP) is 3.94. The van der Waals surface area contributed by atoms with Gasteiger partial charge in [0.1, 0.15) is 5.82 Å². The minimum Gasteiger partial charge on any atom is -0.357 e. The number of nitrogens with zero attached hydrogens (tertiary/aromatic N) is 2. The van der Waals surface area contributed by atoms with Crippen molar-refractivity contribution < 1.29 is 4.79 Å². The van der Waals surface area contributed by atoms with E-state index in [9.17, 15) is 4.79 Å². The number of aromatic nitrogens is 1. The standard InChI is InChI=1S/C20H24ClN3O/c1-15-7-11-24(12-8-15)19-14-17(6-10-22-19)20(25)23-9-5-16-3-2-4-18(21)13-16/h2-4,6,10,13-15H,5,7-9,11-12H2,1H3,(H,23,25). The second-order valence-electron chi connectivity index (χ2n) is 6.71. The van der Waals surface area contributed by atoms with Crippen LogP contribution in [0.5, 0.6) is 0 Å². The molecule has 2 heterocycles. The molecule has 0 atom stereocenters. The molecule has 1 aliphatic rings. The minimum atomic E-state index is -0.0592. The number of anilines is 1. The molecule has 25 heavy (non-hydrogen) atoms. The zero-order chi connectivity index (χ0) is 17.6. The average Bonchev–Trinajstić information content (AvgIpc) is 2.62. The Morgan fingerprint density at radius 1 is 1.28 bits per heavy atom. The highest BCUT2D eigenvalue weighted by Crippen LogP contribution is 2.21. The maximum Gasteiger partial charge on any atom is 0.251 e. The third kappa shape index (κ3) is 4.95. The number of hydrogen-bond acceptors (Lipinski definition) is 3. The monoisotopic (exact) mass is 357 g/mol. The summed E-state index contributed by atoms with van der Waals surface area (Å²) in [5.74, 6) is 1.61. The van der Waals surface area contributed by atoms with Crippen molar-refractivity contribution >= 4 is 23.3 Å². The molecule has 2 aromatic rings. The van der Waals surface area contributed by atoms with Crippen molar-refractivity contribution in [3.8, 4) is 0 Å². The van der Waals surface area contributed by atoms with Gasteiger partial charge in [0.25, 0.3) is 5.91 Å². The van der Waals surface area contributed by atoms with E-state index in [1.54, 1.807) is 12.3 Å². The molecule has 4 nitrogen and oxygen atoms in total. The predicted molar refractivity (Wildman–Crippen MR) is 102 cm³/mol. The number of piperidine rings is 1. The Kier molecular flexibility index (Phi) is 5.92.